The average molecular weight is 448 g/mol. The van der Waals surface area contributed by atoms with Crippen molar-refractivity contribution >= 4 is 22.8 Å². The molecule has 32 heavy (non-hydrogen) atoms. The van der Waals surface area contributed by atoms with Crippen molar-refractivity contribution in [1.29, 1.82) is 0 Å². The average Bonchev–Trinajstić information content (AvgIpc) is 3.45. The summed E-state index contributed by atoms with van der Waals surface area (Å²) in [6.07, 6.45) is -0.714. The molecule has 1 aliphatic rings. The smallest absolute Gasteiger partial charge is 0.416 e. The Morgan fingerprint density at radius 1 is 1.34 bits per heavy atom. The summed E-state index contributed by atoms with van der Waals surface area (Å²) in [7, 11) is 1.69. The third-order valence-corrected chi connectivity index (χ3v) is 5.90. The van der Waals surface area contributed by atoms with Gasteiger partial charge in [0.05, 0.1) is 29.4 Å². The van der Waals surface area contributed by atoms with Crippen LogP contribution in [0.1, 0.15) is 42.8 Å². The van der Waals surface area contributed by atoms with Crippen molar-refractivity contribution in [3.8, 4) is 0 Å². The number of aryl methyl sites for hydroxylation is 1. The maximum Gasteiger partial charge on any atom is 0.416 e. The molecule has 0 radical (unpaired) electrons. The zero-order valence-corrected chi connectivity index (χ0v) is 17.5. The fourth-order valence-electron chi connectivity index (χ4n) is 4.13. The molecule has 1 saturated heterocycles. The maximum absolute atomic E-state index is 12.9. The van der Waals surface area contributed by atoms with E-state index in [9.17, 15) is 22.8 Å². The number of fused-ring (bicyclic) bond motifs is 1. The summed E-state index contributed by atoms with van der Waals surface area (Å²) in [5.41, 5.74) is -0.525. The van der Waals surface area contributed by atoms with E-state index in [0.29, 0.717) is 37.0 Å². The molecule has 1 atom stereocenters. The van der Waals surface area contributed by atoms with Crippen LogP contribution in [-0.2, 0) is 35.8 Å². The SMILES string of the molecule is Cn1c(CNC(=O)CCC2(Cc3ccco3)CCC(=O)N2)nc2cc(C(F)(F)F)ccc21. The molecule has 3 heterocycles. The van der Waals surface area contributed by atoms with Crippen LogP contribution in [-0.4, -0.2) is 26.9 Å². The van der Waals surface area contributed by atoms with Gasteiger partial charge < -0.3 is 19.6 Å². The number of nitrogens with one attached hydrogen (secondary N) is 2. The van der Waals surface area contributed by atoms with Gasteiger partial charge in [-0.05, 0) is 43.2 Å². The largest absolute Gasteiger partial charge is 0.469 e. The van der Waals surface area contributed by atoms with Crippen molar-refractivity contribution in [1.82, 2.24) is 20.2 Å². The first kappa shape index (κ1) is 21.9. The van der Waals surface area contributed by atoms with E-state index in [0.717, 1.165) is 17.9 Å². The minimum absolute atomic E-state index is 0.0464. The first-order chi connectivity index (χ1) is 15.2. The normalized spacial score (nSPS) is 18.8. The second-order valence-corrected chi connectivity index (χ2v) is 8.15. The van der Waals surface area contributed by atoms with E-state index in [4.69, 9.17) is 4.42 Å². The highest BCUT2D eigenvalue weighted by atomic mass is 19.4. The molecule has 4 rings (SSSR count). The number of benzene rings is 1. The molecule has 170 valence electrons. The Labute approximate surface area is 182 Å². The molecule has 10 heteroatoms. The number of hydrogen-bond acceptors (Lipinski definition) is 4. The zero-order valence-electron chi connectivity index (χ0n) is 17.5. The van der Waals surface area contributed by atoms with Gasteiger partial charge >= 0.3 is 6.18 Å². The van der Waals surface area contributed by atoms with Crippen LogP contribution in [0.2, 0.25) is 0 Å². The Balaban J connectivity index is 1.38. The summed E-state index contributed by atoms with van der Waals surface area (Å²) >= 11 is 0. The zero-order chi connectivity index (χ0) is 22.9. The minimum Gasteiger partial charge on any atom is -0.469 e. The molecule has 2 N–H and O–H groups in total. The van der Waals surface area contributed by atoms with E-state index in [-0.39, 0.29) is 30.3 Å². The Kier molecular flexibility index (Phi) is 5.70. The molecule has 0 saturated carbocycles. The number of imidazole rings is 1. The van der Waals surface area contributed by atoms with Crippen LogP contribution in [0.15, 0.2) is 41.0 Å². The summed E-state index contributed by atoms with van der Waals surface area (Å²) in [5.74, 6) is 0.917. The van der Waals surface area contributed by atoms with E-state index in [1.54, 1.807) is 23.9 Å². The number of nitrogens with zero attached hydrogens (tertiary/aromatic N) is 2. The molecule has 0 spiro atoms. The van der Waals surface area contributed by atoms with Crippen LogP contribution in [0.3, 0.4) is 0 Å². The first-order valence-electron chi connectivity index (χ1n) is 10.3. The summed E-state index contributed by atoms with van der Waals surface area (Å²) in [6.45, 7) is 0.0862. The van der Waals surface area contributed by atoms with E-state index in [1.807, 2.05) is 6.07 Å². The van der Waals surface area contributed by atoms with E-state index in [1.165, 1.54) is 6.07 Å². The molecule has 0 aliphatic carbocycles. The van der Waals surface area contributed by atoms with Gasteiger partial charge in [-0.15, -0.1) is 0 Å². The fourth-order valence-corrected chi connectivity index (χ4v) is 4.13. The highest BCUT2D eigenvalue weighted by Crippen LogP contribution is 2.32. The van der Waals surface area contributed by atoms with Crippen LogP contribution < -0.4 is 10.6 Å². The number of aromatic nitrogens is 2. The predicted molar refractivity (Wildman–Crippen MR) is 109 cm³/mol. The summed E-state index contributed by atoms with van der Waals surface area (Å²) in [4.78, 5) is 28.6. The van der Waals surface area contributed by atoms with Gasteiger partial charge in [-0.1, -0.05) is 0 Å². The number of carbonyl (C=O) groups is 2. The molecule has 2 aromatic heterocycles. The molecular formula is C22H23F3N4O3. The minimum atomic E-state index is -4.44. The van der Waals surface area contributed by atoms with Gasteiger partial charge in [0.15, 0.2) is 0 Å². The van der Waals surface area contributed by atoms with Crippen molar-refractivity contribution in [3.63, 3.8) is 0 Å². The van der Waals surface area contributed by atoms with E-state index in [2.05, 4.69) is 15.6 Å². The number of amides is 2. The van der Waals surface area contributed by atoms with Gasteiger partial charge in [-0.3, -0.25) is 9.59 Å². The Morgan fingerprint density at radius 2 is 2.16 bits per heavy atom. The molecule has 1 unspecified atom stereocenters. The van der Waals surface area contributed by atoms with Crippen LogP contribution in [0, 0.1) is 0 Å². The van der Waals surface area contributed by atoms with Crippen molar-refractivity contribution < 1.29 is 27.2 Å². The lowest BCUT2D eigenvalue weighted by molar-refractivity contribution is -0.137. The van der Waals surface area contributed by atoms with Gasteiger partial charge in [0.25, 0.3) is 0 Å². The molecule has 2 amide bonds. The Bertz CT molecular complexity index is 1140. The number of carbonyl (C=O) groups excluding carboxylic acids is 2. The van der Waals surface area contributed by atoms with Crippen molar-refractivity contribution in [2.24, 2.45) is 7.05 Å². The lowest BCUT2D eigenvalue weighted by Crippen LogP contribution is -2.44. The predicted octanol–water partition coefficient (Wildman–Crippen LogP) is 3.47. The number of hydrogen-bond donors (Lipinski definition) is 2. The fraction of sp³-hybridized carbons (Fsp3) is 0.409. The van der Waals surface area contributed by atoms with Gasteiger partial charge in [0, 0.05) is 31.8 Å². The molecule has 7 nitrogen and oxygen atoms in total. The number of halogens is 3. The first-order valence-corrected chi connectivity index (χ1v) is 10.3. The summed E-state index contributed by atoms with van der Waals surface area (Å²) in [5, 5.41) is 5.77. The van der Waals surface area contributed by atoms with Gasteiger partial charge in [0.1, 0.15) is 11.6 Å². The van der Waals surface area contributed by atoms with Crippen molar-refractivity contribution in [3.05, 3.63) is 53.7 Å². The molecule has 1 aromatic carbocycles. The molecule has 1 fully saturated rings. The van der Waals surface area contributed by atoms with Crippen molar-refractivity contribution in [2.45, 2.75) is 50.4 Å². The quantitative estimate of drug-likeness (QED) is 0.579. The maximum atomic E-state index is 12.9. The lowest BCUT2D eigenvalue weighted by Gasteiger charge is -2.28. The Hall–Kier alpha value is -3.30. The summed E-state index contributed by atoms with van der Waals surface area (Å²) < 4.78 is 45.9. The van der Waals surface area contributed by atoms with Crippen LogP contribution in [0.4, 0.5) is 13.2 Å². The highest BCUT2D eigenvalue weighted by molar-refractivity contribution is 5.80. The second kappa shape index (κ2) is 8.33. The molecular weight excluding hydrogens is 425 g/mol. The van der Waals surface area contributed by atoms with Gasteiger partial charge in [-0.25, -0.2) is 4.98 Å². The van der Waals surface area contributed by atoms with Crippen LogP contribution >= 0.6 is 0 Å². The summed E-state index contributed by atoms with van der Waals surface area (Å²) in [6, 6.07) is 7.00. The van der Waals surface area contributed by atoms with E-state index >= 15 is 0 Å². The highest BCUT2D eigenvalue weighted by Gasteiger charge is 2.38. The number of rotatable bonds is 7. The monoisotopic (exact) mass is 448 g/mol. The Morgan fingerprint density at radius 3 is 2.81 bits per heavy atom. The number of furan rings is 1. The topological polar surface area (TPSA) is 89.2 Å². The van der Waals surface area contributed by atoms with Gasteiger partial charge in [-0.2, -0.15) is 13.2 Å². The molecule has 1 aliphatic heterocycles. The second-order valence-electron chi connectivity index (χ2n) is 8.15. The van der Waals surface area contributed by atoms with Crippen LogP contribution in [0.25, 0.3) is 11.0 Å². The third-order valence-electron chi connectivity index (χ3n) is 5.90. The van der Waals surface area contributed by atoms with Crippen LogP contribution in [0.5, 0.6) is 0 Å². The van der Waals surface area contributed by atoms with E-state index < -0.39 is 17.3 Å². The van der Waals surface area contributed by atoms with Gasteiger partial charge in [0.2, 0.25) is 11.8 Å². The number of alkyl halides is 3. The van der Waals surface area contributed by atoms with Crippen molar-refractivity contribution in [2.75, 3.05) is 0 Å². The molecule has 3 aromatic rings. The standard InChI is InChI=1S/C22H23F3N4O3/c1-29-17-5-4-14(22(23,24)25)11-16(17)27-18(29)13-26-19(30)6-8-21(9-7-20(31)28-21)12-15-3-2-10-32-15/h2-5,10-11H,6-9,12-13H2,1H3,(H,26,30)(H,28,31). The molecule has 0 bridgehead atoms. The lowest BCUT2D eigenvalue weighted by atomic mass is 9.87. The third kappa shape index (κ3) is 4.63.